The van der Waals surface area contributed by atoms with E-state index in [1.165, 1.54) is 11.6 Å². The molecular formula is C9H10FN. The number of nitrogens with one attached hydrogen (secondary N) is 1. The average molecular weight is 151 g/mol. The molecule has 0 unspecified atom stereocenters. The molecule has 2 heteroatoms. The molecule has 0 spiro atoms. The van der Waals surface area contributed by atoms with Gasteiger partial charge in [-0.2, -0.15) is 0 Å². The Hall–Kier alpha value is -1.05. The van der Waals surface area contributed by atoms with Crippen LogP contribution in [-0.2, 0) is 0 Å². The van der Waals surface area contributed by atoms with Gasteiger partial charge in [0.15, 0.2) is 0 Å². The van der Waals surface area contributed by atoms with Gasteiger partial charge in [0.1, 0.15) is 5.82 Å². The van der Waals surface area contributed by atoms with E-state index >= 15 is 0 Å². The van der Waals surface area contributed by atoms with Crippen LogP contribution >= 0.6 is 0 Å². The molecule has 0 radical (unpaired) electrons. The smallest absolute Gasteiger partial charge is 0.125 e. The van der Waals surface area contributed by atoms with E-state index in [0.717, 1.165) is 12.2 Å². The highest BCUT2D eigenvalue weighted by molar-refractivity contribution is 5.57. The summed E-state index contributed by atoms with van der Waals surface area (Å²) in [4.78, 5) is 0. The molecule has 1 heterocycles. The second kappa shape index (κ2) is 2.22. The SMILES string of the molecule is C[C@@H]1CNc2cc(F)ccc21. The van der Waals surface area contributed by atoms with Crippen LogP contribution in [0.25, 0.3) is 0 Å². The minimum absolute atomic E-state index is 0.162. The Balaban J connectivity index is 2.50. The number of hydrogen-bond acceptors (Lipinski definition) is 1. The van der Waals surface area contributed by atoms with Gasteiger partial charge in [-0.3, -0.25) is 0 Å². The monoisotopic (exact) mass is 151 g/mol. The molecular weight excluding hydrogens is 141 g/mol. The van der Waals surface area contributed by atoms with E-state index < -0.39 is 0 Å². The fourth-order valence-corrected chi connectivity index (χ4v) is 1.48. The first-order valence-electron chi connectivity index (χ1n) is 3.80. The molecule has 1 nitrogen and oxygen atoms in total. The van der Waals surface area contributed by atoms with E-state index in [1.54, 1.807) is 6.07 Å². The van der Waals surface area contributed by atoms with Gasteiger partial charge in [-0.15, -0.1) is 0 Å². The van der Waals surface area contributed by atoms with Crippen molar-refractivity contribution in [2.45, 2.75) is 12.8 Å². The molecule has 1 aromatic rings. The Morgan fingerprint density at radius 2 is 2.36 bits per heavy atom. The van der Waals surface area contributed by atoms with Gasteiger partial charge in [-0.25, -0.2) is 4.39 Å². The predicted molar refractivity (Wildman–Crippen MR) is 43.3 cm³/mol. The second-order valence-electron chi connectivity index (χ2n) is 3.01. The van der Waals surface area contributed by atoms with E-state index in [2.05, 4.69) is 12.2 Å². The summed E-state index contributed by atoms with van der Waals surface area (Å²) in [6.07, 6.45) is 0. The maximum absolute atomic E-state index is 12.6. The molecule has 0 amide bonds. The normalized spacial score (nSPS) is 21.1. The first-order chi connectivity index (χ1) is 5.27. The molecule has 1 aromatic carbocycles. The van der Waals surface area contributed by atoms with Crippen LogP contribution in [-0.4, -0.2) is 6.54 Å². The van der Waals surface area contributed by atoms with Gasteiger partial charge in [-0.05, 0) is 17.7 Å². The van der Waals surface area contributed by atoms with Crippen LogP contribution < -0.4 is 5.32 Å². The topological polar surface area (TPSA) is 12.0 Å². The number of anilines is 1. The lowest BCUT2D eigenvalue weighted by molar-refractivity contribution is 0.628. The molecule has 0 bridgehead atoms. The van der Waals surface area contributed by atoms with Crippen molar-refractivity contribution in [3.63, 3.8) is 0 Å². The van der Waals surface area contributed by atoms with Crippen molar-refractivity contribution in [2.75, 3.05) is 11.9 Å². The van der Waals surface area contributed by atoms with Crippen LogP contribution in [0.2, 0.25) is 0 Å². The Kier molecular flexibility index (Phi) is 1.34. The van der Waals surface area contributed by atoms with Crippen molar-refractivity contribution in [1.82, 2.24) is 0 Å². The number of hydrogen-bond donors (Lipinski definition) is 1. The van der Waals surface area contributed by atoms with E-state index in [-0.39, 0.29) is 5.82 Å². The van der Waals surface area contributed by atoms with E-state index in [4.69, 9.17) is 0 Å². The summed E-state index contributed by atoms with van der Waals surface area (Å²) in [6.45, 7) is 3.07. The number of rotatable bonds is 0. The van der Waals surface area contributed by atoms with Gasteiger partial charge in [0.2, 0.25) is 0 Å². The van der Waals surface area contributed by atoms with Gasteiger partial charge in [-0.1, -0.05) is 13.0 Å². The third-order valence-corrected chi connectivity index (χ3v) is 2.14. The van der Waals surface area contributed by atoms with Crippen molar-refractivity contribution in [3.05, 3.63) is 29.6 Å². The largest absolute Gasteiger partial charge is 0.384 e. The zero-order valence-corrected chi connectivity index (χ0v) is 6.39. The summed E-state index contributed by atoms with van der Waals surface area (Å²) in [6, 6.07) is 4.93. The number of halogens is 1. The summed E-state index contributed by atoms with van der Waals surface area (Å²) in [5.74, 6) is 0.357. The molecule has 0 saturated carbocycles. The Morgan fingerprint density at radius 1 is 1.55 bits per heavy atom. The Morgan fingerprint density at radius 3 is 3.18 bits per heavy atom. The average Bonchev–Trinajstić information content (AvgIpc) is 2.32. The lowest BCUT2D eigenvalue weighted by Gasteiger charge is -2.00. The second-order valence-corrected chi connectivity index (χ2v) is 3.01. The van der Waals surface area contributed by atoms with Gasteiger partial charge >= 0.3 is 0 Å². The molecule has 2 rings (SSSR count). The van der Waals surface area contributed by atoms with Gasteiger partial charge < -0.3 is 5.32 Å². The Bertz CT molecular complexity index is 283. The highest BCUT2D eigenvalue weighted by Gasteiger charge is 2.17. The van der Waals surface area contributed by atoms with Gasteiger partial charge in [0.25, 0.3) is 0 Å². The predicted octanol–water partition coefficient (Wildman–Crippen LogP) is 2.35. The molecule has 0 fully saturated rings. The molecule has 58 valence electrons. The lowest BCUT2D eigenvalue weighted by atomic mass is 10.0. The minimum Gasteiger partial charge on any atom is -0.384 e. The number of benzene rings is 1. The first kappa shape index (κ1) is 6.65. The van der Waals surface area contributed by atoms with Crippen LogP contribution in [0.3, 0.4) is 0 Å². The summed E-state index contributed by atoms with van der Waals surface area (Å²) in [5.41, 5.74) is 2.18. The minimum atomic E-state index is -0.162. The fraction of sp³-hybridized carbons (Fsp3) is 0.333. The highest BCUT2D eigenvalue weighted by Crippen LogP contribution is 2.30. The summed E-state index contributed by atoms with van der Waals surface area (Å²) in [7, 11) is 0. The lowest BCUT2D eigenvalue weighted by Crippen LogP contribution is -1.95. The van der Waals surface area contributed by atoms with Gasteiger partial charge in [0.05, 0.1) is 0 Å². The van der Waals surface area contributed by atoms with Crippen LogP contribution in [0.4, 0.5) is 10.1 Å². The maximum Gasteiger partial charge on any atom is 0.125 e. The zero-order valence-electron chi connectivity index (χ0n) is 6.39. The van der Waals surface area contributed by atoms with Crippen molar-refractivity contribution >= 4 is 5.69 Å². The van der Waals surface area contributed by atoms with Gasteiger partial charge in [0, 0.05) is 18.2 Å². The third kappa shape index (κ3) is 0.985. The van der Waals surface area contributed by atoms with E-state index in [1.807, 2.05) is 6.07 Å². The van der Waals surface area contributed by atoms with E-state index in [0.29, 0.717) is 5.92 Å². The highest BCUT2D eigenvalue weighted by atomic mass is 19.1. The molecule has 1 atom stereocenters. The summed E-state index contributed by atoms with van der Waals surface area (Å²) >= 11 is 0. The molecule has 1 aliphatic rings. The van der Waals surface area contributed by atoms with Crippen LogP contribution in [0.1, 0.15) is 18.4 Å². The molecule has 0 aliphatic carbocycles. The first-order valence-corrected chi connectivity index (χ1v) is 3.80. The summed E-state index contributed by atoms with van der Waals surface area (Å²) in [5, 5.41) is 3.15. The zero-order chi connectivity index (χ0) is 7.84. The van der Waals surface area contributed by atoms with E-state index in [9.17, 15) is 4.39 Å². The standard InChI is InChI=1S/C9H10FN/c1-6-5-11-9-4-7(10)2-3-8(6)9/h2-4,6,11H,5H2,1H3/t6-/m1/s1. The molecule has 1 aliphatic heterocycles. The molecule has 1 N–H and O–H groups in total. The van der Waals surface area contributed by atoms with Crippen LogP contribution in [0.5, 0.6) is 0 Å². The van der Waals surface area contributed by atoms with Crippen molar-refractivity contribution in [2.24, 2.45) is 0 Å². The van der Waals surface area contributed by atoms with Crippen molar-refractivity contribution < 1.29 is 4.39 Å². The molecule has 0 aromatic heterocycles. The molecule has 11 heavy (non-hydrogen) atoms. The van der Waals surface area contributed by atoms with Crippen molar-refractivity contribution in [1.29, 1.82) is 0 Å². The number of fused-ring (bicyclic) bond motifs is 1. The summed E-state index contributed by atoms with van der Waals surface area (Å²) < 4.78 is 12.6. The quantitative estimate of drug-likeness (QED) is 0.600. The Labute approximate surface area is 65.2 Å². The fourth-order valence-electron chi connectivity index (χ4n) is 1.48. The van der Waals surface area contributed by atoms with Crippen LogP contribution in [0, 0.1) is 5.82 Å². The van der Waals surface area contributed by atoms with Crippen molar-refractivity contribution in [3.8, 4) is 0 Å². The van der Waals surface area contributed by atoms with Crippen LogP contribution in [0.15, 0.2) is 18.2 Å². The maximum atomic E-state index is 12.6. The third-order valence-electron chi connectivity index (χ3n) is 2.14. The molecule has 0 saturated heterocycles.